The first-order valence-corrected chi connectivity index (χ1v) is 13.0. The van der Waals surface area contributed by atoms with Gasteiger partial charge in [0.15, 0.2) is 0 Å². The van der Waals surface area contributed by atoms with Gasteiger partial charge in [0.05, 0.1) is 30.2 Å². The standard InChI is InChI=1S/C30H31N5O2/c1-22-10-8-11-23(18-22)30-25(20-34(32-30)24-12-4-2-5-13-24)27-19-26(28-14-9-17-37-28)31-35(27)29(36)21-33-15-6-3-7-16-33/h2,4-5,8-14,17-18,20,27H,3,6-7,15-16,19,21H2,1H3. The van der Waals surface area contributed by atoms with Crippen LogP contribution in [0.25, 0.3) is 16.9 Å². The molecule has 0 bridgehead atoms. The summed E-state index contributed by atoms with van der Waals surface area (Å²) in [5.74, 6) is 0.710. The van der Waals surface area contributed by atoms with E-state index in [2.05, 4.69) is 42.3 Å². The fourth-order valence-corrected chi connectivity index (χ4v) is 5.32. The Morgan fingerprint density at radius 3 is 2.59 bits per heavy atom. The van der Waals surface area contributed by atoms with Crippen molar-refractivity contribution in [3.63, 3.8) is 0 Å². The number of aromatic nitrogens is 2. The molecule has 7 heteroatoms. The van der Waals surface area contributed by atoms with Gasteiger partial charge < -0.3 is 4.42 Å². The lowest BCUT2D eigenvalue weighted by atomic mass is 9.97. The van der Waals surface area contributed by atoms with E-state index in [0.29, 0.717) is 18.7 Å². The van der Waals surface area contributed by atoms with Gasteiger partial charge in [-0.25, -0.2) is 9.69 Å². The minimum atomic E-state index is -0.273. The number of carbonyl (C=O) groups excluding carboxylic acids is 1. The molecule has 1 atom stereocenters. The van der Waals surface area contributed by atoms with Gasteiger partial charge >= 0.3 is 0 Å². The number of furan rings is 1. The van der Waals surface area contributed by atoms with Gasteiger partial charge in [-0.2, -0.15) is 10.2 Å². The van der Waals surface area contributed by atoms with Crippen LogP contribution in [0, 0.1) is 6.92 Å². The molecular formula is C30H31N5O2. The first kappa shape index (κ1) is 23.4. The molecule has 1 unspecified atom stereocenters. The van der Waals surface area contributed by atoms with Crippen molar-refractivity contribution in [1.29, 1.82) is 0 Å². The monoisotopic (exact) mass is 493 g/mol. The van der Waals surface area contributed by atoms with Crippen LogP contribution >= 0.6 is 0 Å². The van der Waals surface area contributed by atoms with E-state index in [1.165, 1.54) is 6.42 Å². The van der Waals surface area contributed by atoms with E-state index in [4.69, 9.17) is 14.6 Å². The Morgan fingerprint density at radius 1 is 1.00 bits per heavy atom. The van der Waals surface area contributed by atoms with Crippen LogP contribution in [0.4, 0.5) is 0 Å². The molecule has 2 aromatic carbocycles. The van der Waals surface area contributed by atoms with Crippen molar-refractivity contribution < 1.29 is 9.21 Å². The zero-order chi connectivity index (χ0) is 25.2. The predicted octanol–water partition coefficient (Wildman–Crippen LogP) is 5.60. The van der Waals surface area contributed by atoms with E-state index >= 15 is 0 Å². The maximum Gasteiger partial charge on any atom is 0.257 e. The van der Waals surface area contributed by atoms with E-state index < -0.39 is 0 Å². The summed E-state index contributed by atoms with van der Waals surface area (Å²) in [6.45, 7) is 4.37. The van der Waals surface area contributed by atoms with Gasteiger partial charge in [0.1, 0.15) is 11.5 Å². The number of aryl methyl sites for hydroxylation is 1. The highest BCUT2D eigenvalue weighted by Gasteiger charge is 2.37. The van der Waals surface area contributed by atoms with Gasteiger partial charge in [-0.05, 0) is 63.2 Å². The smallest absolute Gasteiger partial charge is 0.257 e. The van der Waals surface area contributed by atoms with E-state index in [1.807, 2.05) is 47.1 Å². The van der Waals surface area contributed by atoms with Crippen molar-refractivity contribution in [3.05, 3.63) is 96.1 Å². The molecule has 1 amide bonds. The minimum absolute atomic E-state index is 0.0103. The summed E-state index contributed by atoms with van der Waals surface area (Å²) < 4.78 is 7.59. The summed E-state index contributed by atoms with van der Waals surface area (Å²) in [5.41, 5.74) is 5.79. The van der Waals surface area contributed by atoms with E-state index in [9.17, 15) is 4.79 Å². The number of rotatable bonds is 6. The summed E-state index contributed by atoms with van der Waals surface area (Å²) >= 11 is 0. The zero-order valence-electron chi connectivity index (χ0n) is 21.1. The average molecular weight is 494 g/mol. The molecule has 37 heavy (non-hydrogen) atoms. The number of amides is 1. The van der Waals surface area contributed by atoms with Crippen molar-refractivity contribution in [3.8, 4) is 16.9 Å². The zero-order valence-corrected chi connectivity index (χ0v) is 21.1. The largest absolute Gasteiger partial charge is 0.463 e. The van der Waals surface area contributed by atoms with Crippen LogP contribution in [0.2, 0.25) is 0 Å². The summed E-state index contributed by atoms with van der Waals surface area (Å²) in [4.78, 5) is 16.0. The Kier molecular flexibility index (Phi) is 6.45. The Bertz CT molecular complexity index is 1400. The second-order valence-electron chi connectivity index (χ2n) is 9.90. The molecule has 2 aliphatic heterocycles. The van der Waals surface area contributed by atoms with Gasteiger partial charge in [0.2, 0.25) is 0 Å². The molecule has 4 heterocycles. The van der Waals surface area contributed by atoms with Crippen molar-refractivity contribution in [2.75, 3.05) is 19.6 Å². The van der Waals surface area contributed by atoms with Crippen molar-refractivity contribution in [1.82, 2.24) is 19.7 Å². The van der Waals surface area contributed by atoms with E-state index in [0.717, 1.165) is 59.7 Å². The Balaban J connectivity index is 1.42. The lowest BCUT2D eigenvalue weighted by Crippen LogP contribution is -2.40. The van der Waals surface area contributed by atoms with Gasteiger partial charge in [0, 0.05) is 23.7 Å². The number of piperidine rings is 1. The molecule has 0 aliphatic carbocycles. The number of carbonyl (C=O) groups is 1. The number of hydrogen-bond acceptors (Lipinski definition) is 5. The summed E-state index contributed by atoms with van der Waals surface area (Å²) in [7, 11) is 0. The maximum absolute atomic E-state index is 13.7. The van der Waals surface area contributed by atoms with Crippen LogP contribution in [0.15, 0.2) is 88.7 Å². The van der Waals surface area contributed by atoms with Crippen LogP contribution in [0.1, 0.15) is 48.6 Å². The normalized spacial score (nSPS) is 18.2. The molecule has 7 nitrogen and oxygen atoms in total. The van der Waals surface area contributed by atoms with Crippen molar-refractivity contribution >= 4 is 11.6 Å². The fraction of sp³-hybridized carbons (Fsp3) is 0.300. The second-order valence-corrected chi connectivity index (χ2v) is 9.90. The SMILES string of the molecule is Cc1cccc(-c2nn(-c3ccccc3)cc2C2CC(c3ccco3)=NN2C(=O)CN2CCCCC2)c1. The maximum atomic E-state index is 13.7. The molecule has 1 saturated heterocycles. The molecule has 0 saturated carbocycles. The van der Waals surface area contributed by atoms with Crippen LogP contribution in [0.3, 0.4) is 0 Å². The van der Waals surface area contributed by atoms with Crippen LogP contribution in [-0.2, 0) is 4.79 Å². The van der Waals surface area contributed by atoms with Crippen LogP contribution in [0.5, 0.6) is 0 Å². The molecule has 2 aliphatic rings. The Labute approximate surface area is 217 Å². The number of para-hydroxylation sites is 1. The molecule has 188 valence electrons. The van der Waals surface area contributed by atoms with Gasteiger partial charge in [-0.3, -0.25) is 9.69 Å². The van der Waals surface area contributed by atoms with Gasteiger partial charge in [-0.15, -0.1) is 0 Å². The lowest BCUT2D eigenvalue weighted by molar-refractivity contribution is -0.134. The second kappa shape index (κ2) is 10.2. The molecule has 2 aromatic heterocycles. The summed E-state index contributed by atoms with van der Waals surface area (Å²) in [6.07, 6.45) is 7.78. The highest BCUT2D eigenvalue weighted by Crippen LogP contribution is 2.38. The molecule has 4 aromatic rings. The summed E-state index contributed by atoms with van der Waals surface area (Å²) in [6, 6.07) is 21.9. The van der Waals surface area contributed by atoms with Crippen LogP contribution in [-0.4, -0.2) is 50.9 Å². The first-order valence-electron chi connectivity index (χ1n) is 13.0. The Hall–Kier alpha value is -3.97. The van der Waals surface area contributed by atoms with Gasteiger partial charge in [-0.1, -0.05) is 48.4 Å². The van der Waals surface area contributed by atoms with Crippen molar-refractivity contribution in [2.24, 2.45) is 5.10 Å². The first-order chi connectivity index (χ1) is 18.2. The molecule has 6 rings (SSSR count). The minimum Gasteiger partial charge on any atom is -0.463 e. The lowest BCUT2D eigenvalue weighted by Gasteiger charge is -2.29. The quantitative estimate of drug-likeness (QED) is 0.350. The number of hydrogen-bond donors (Lipinski definition) is 0. The van der Waals surface area contributed by atoms with Crippen molar-refractivity contribution in [2.45, 2.75) is 38.6 Å². The molecular weight excluding hydrogens is 462 g/mol. The highest BCUT2D eigenvalue weighted by atomic mass is 16.3. The number of benzene rings is 2. The topological polar surface area (TPSA) is 66.9 Å². The average Bonchev–Trinajstić information content (AvgIpc) is 3.69. The number of hydrazone groups is 1. The number of likely N-dealkylation sites (tertiary alicyclic amines) is 1. The van der Waals surface area contributed by atoms with Crippen LogP contribution < -0.4 is 0 Å². The number of nitrogens with zero attached hydrogens (tertiary/aromatic N) is 5. The fourth-order valence-electron chi connectivity index (χ4n) is 5.32. The highest BCUT2D eigenvalue weighted by molar-refractivity contribution is 6.01. The van der Waals surface area contributed by atoms with E-state index in [-0.39, 0.29) is 11.9 Å². The molecule has 0 spiro atoms. The van der Waals surface area contributed by atoms with Gasteiger partial charge in [0.25, 0.3) is 5.91 Å². The third-order valence-corrected chi connectivity index (χ3v) is 7.19. The van der Waals surface area contributed by atoms with E-state index in [1.54, 1.807) is 11.3 Å². The Morgan fingerprint density at radius 2 is 1.84 bits per heavy atom. The third-order valence-electron chi connectivity index (χ3n) is 7.19. The predicted molar refractivity (Wildman–Crippen MR) is 143 cm³/mol. The third kappa shape index (κ3) is 4.87. The molecule has 0 radical (unpaired) electrons. The summed E-state index contributed by atoms with van der Waals surface area (Å²) in [5, 5.41) is 11.5. The molecule has 1 fully saturated rings. The molecule has 0 N–H and O–H groups in total.